The van der Waals surface area contributed by atoms with Crippen molar-refractivity contribution >= 4 is 33.6 Å². The van der Waals surface area contributed by atoms with Crippen LogP contribution in [0.4, 0.5) is 0 Å². The maximum atomic E-state index is 12.9. The van der Waals surface area contributed by atoms with Crippen molar-refractivity contribution in [3.8, 4) is 5.82 Å². The van der Waals surface area contributed by atoms with Crippen LogP contribution in [-0.4, -0.2) is 30.6 Å². The second-order valence-corrected chi connectivity index (χ2v) is 7.90. The van der Waals surface area contributed by atoms with Gasteiger partial charge in [-0.25, -0.2) is 19.6 Å². The van der Waals surface area contributed by atoms with Crippen LogP contribution in [0.25, 0.3) is 5.82 Å². The highest BCUT2D eigenvalue weighted by Crippen LogP contribution is 2.29. The Balaban J connectivity index is 1.51. The lowest BCUT2D eigenvalue weighted by Gasteiger charge is -2.11. The van der Waals surface area contributed by atoms with E-state index in [1.54, 1.807) is 29.5 Å². The fourth-order valence-corrected chi connectivity index (χ4v) is 3.76. The molecule has 0 saturated heterocycles. The number of halogens is 1. The molecule has 0 bridgehead atoms. The SMILES string of the molecule is O=C(NCc1cccnc1-n1cncn1)c1ccccc1Sc1ccc(Br)cn1. The van der Waals surface area contributed by atoms with Gasteiger partial charge in [-0.3, -0.25) is 4.79 Å². The van der Waals surface area contributed by atoms with E-state index in [0.29, 0.717) is 17.9 Å². The minimum Gasteiger partial charge on any atom is -0.348 e. The number of aromatic nitrogens is 5. The van der Waals surface area contributed by atoms with Crippen LogP contribution in [0.15, 0.2) is 88.0 Å². The monoisotopic (exact) mass is 466 g/mol. The first kappa shape index (κ1) is 19.3. The van der Waals surface area contributed by atoms with Crippen LogP contribution in [0.5, 0.6) is 0 Å². The van der Waals surface area contributed by atoms with E-state index in [0.717, 1.165) is 20.0 Å². The number of nitrogens with one attached hydrogen (secondary N) is 1. The van der Waals surface area contributed by atoms with Gasteiger partial charge in [0.15, 0.2) is 5.82 Å². The third-order valence-corrected chi connectivity index (χ3v) is 5.48. The highest BCUT2D eigenvalue weighted by molar-refractivity contribution is 9.10. The van der Waals surface area contributed by atoms with Crippen LogP contribution in [0.2, 0.25) is 0 Å². The van der Waals surface area contributed by atoms with E-state index in [1.807, 2.05) is 42.5 Å². The maximum absolute atomic E-state index is 12.9. The zero-order valence-electron chi connectivity index (χ0n) is 15.1. The summed E-state index contributed by atoms with van der Waals surface area (Å²) in [6.45, 7) is 0.317. The molecule has 0 radical (unpaired) electrons. The first-order chi connectivity index (χ1) is 14.2. The molecular weight excluding hydrogens is 452 g/mol. The fraction of sp³-hybridized carbons (Fsp3) is 0.0500. The Morgan fingerprint density at radius 1 is 1.10 bits per heavy atom. The molecular formula is C20H15BrN6OS. The second kappa shape index (κ2) is 8.97. The molecule has 0 atom stereocenters. The minimum atomic E-state index is -0.168. The van der Waals surface area contributed by atoms with Crippen LogP contribution >= 0.6 is 27.7 Å². The summed E-state index contributed by atoms with van der Waals surface area (Å²) in [6.07, 6.45) is 6.43. The average Bonchev–Trinajstić information content (AvgIpc) is 3.29. The Morgan fingerprint density at radius 3 is 2.79 bits per heavy atom. The van der Waals surface area contributed by atoms with E-state index in [1.165, 1.54) is 18.1 Å². The van der Waals surface area contributed by atoms with Gasteiger partial charge >= 0.3 is 0 Å². The van der Waals surface area contributed by atoms with Gasteiger partial charge in [0.1, 0.15) is 17.7 Å². The Hall–Kier alpha value is -3.04. The van der Waals surface area contributed by atoms with E-state index in [2.05, 4.69) is 41.3 Å². The summed E-state index contributed by atoms with van der Waals surface area (Å²) >= 11 is 4.83. The molecule has 4 rings (SSSR count). The summed E-state index contributed by atoms with van der Waals surface area (Å²) in [6, 6.07) is 15.0. The third-order valence-electron chi connectivity index (χ3n) is 3.99. The first-order valence-electron chi connectivity index (χ1n) is 8.66. The van der Waals surface area contributed by atoms with Gasteiger partial charge in [-0.05, 0) is 46.3 Å². The third kappa shape index (κ3) is 4.69. The van der Waals surface area contributed by atoms with Crippen molar-refractivity contribution in [1.29, 1.82) is 0 Å². The predicted octanol–water partition coefficient (Wildman–Crippen LogP) is 3.90. The number of rotatable bonds is 6. The normalized spacial score (nSPS) is 10.7. The van der Waals surface area contributed by atoms with Crippen molar-refractivity contribution in [3.63, 3.8) is 0 Å². The lowest BCUT2D eigenvalue weighted by Crippen LogP contribution is -2.24. The number of nitrogens with zero attached hydrogens (tertiary/aromatic N) is 5. The molecule has 9 heteroatoms. The number of hydrogen-bond donors (Lipinski definition) is 1. The fourth-order valence-electron chi connectivity index (χ4n) is 2.64. The zero-order chi connectivity index (χ0) is 20.1. The largest absolute Gasteiger partial charge is 0.348 e. The molecule has 1 aromatic carbocycles. The Kier molecular flexibility index (Phi) is 5.97. The number of benzene rings is 1. The summed E-state index contributed by atoms with van der Waals surface area (Å²) < 4.78 is 2.48. The van der Waals surface area contributed by atoms with Crippen LogP contribution in [-0.2, 0) is 6.54 Å². The Labute approximate surface area is 179 Å². The lowest BCUT2D eigenvalue weighted by molar-refractivity contribution is 0.0948. The summed E-state index contributed by atoms with van der Waals surface area (Å²) in [5, 5.41) is 7.90. The number of carbonyl (C=O) groups excluding carboxylic acids is 1. The van der Waals surface area contributed by atoms with Gasteiger partial charge in [0.25, 0.3) is 5.91 Å². The van der Waals surface area contributed by atoms with Crippen LogP contribution in [0.1, 0.15) is 15.9 Å². The quantitative estimate of drug-likeness (QED) is 0.463. The van der Waals surface area contributed by atoms with Gasteiger partial charge < -0.3 is 5.32 Å². The smallest absolute Gasteiger partial charge is 0.252 e. The van der Waals surface area contributed by atoms with E-state index < -0.39 is 0 Å². The maximum Gasteiger partial charge on any atom is 0.252 e. The van der Waals surface area contributed by atoms with Crippen molar-refractivity contribution < 1.29 is 4.79 Å². The standard InChI is InChI=1S/C20H15BrN6OS/c21-15-7-8-18(24-11-15)29-17-6-2-1-5-16(17)20(28)25-10-14-4-3-9-23-19(14)27-13-22-12-26-27/h1-9,11-13H,10H2,(H,25,28). The highest BCUT2D eigenvalue weighted by Gasteiger charge is 2.14. The molecule has 0 aliphatic rings. The van der Waals surface area contributed by atoms with E-state index in [9.17, 15) is 4.79 Å². The summed E-state index contributed by atoms with van der Waals surface area (Å²) in [5.41, 5.74) is 1.43. The molecule has 0 saturated carbocycles. The summed E-state index contributed by atoms with van der Waals surface area (Å²) in [7, 11) is 0. The van der Waals surface area contributed by atoms with Crippen molar-refractivity contribution in [3.05, 3.63) is 89.2 Å². The molecule has 0 spiro atoms. The molecule has 1 amide bonds. The molecule has 3 aromatic heterocycles. The van der Waals surface area contributed by atoms with Crippen molar-refractivity contribution in [2.45, 2.75) is 16.5 Å². The molecule has 29 heavy (non-hydrogen) atoms. The summed E-state index contributed by atoms with van der Waals surface area (Å²) in [5.74, 6) is 0.464. The molecule has 144 valence electrons. The Bertz CT molecular complexity index is 1120. The predicted molar refractivity (Wildman–Crippen MR) is 113 cm³/mol. The number of pyridine rings is 2. The van der Waals surface area contributed by atoms with Crippen molar-refractivity contribution in [1.82, 2.24) is 30.0 Å². The molecule has 3 heterocycles. The number of hydrogen-bond acceptors (Lipinski definition) is 6. The lowest BCUT2D eigenvalue weighted by atomic mass is 10.2. The highest BCUT2D eigenvalue weighted by atomic mass is 79.9. The molecule has 0 unspecified atom stereocenters. The topological polar surface area (TPSA) is 85.6 Å². The summed E-state index contributed by atoms with van der Waals surface area (Å²) in [4.78, 5) is 26.4. The number of amides is 1. The molecule has 7 nitrogen and oxygen atoms in total. The van der Waals surface area contributed by atoms with E-state index in [4.69, 9.17) is 0 Å². The van der Waals surface area contributed by atoms with Gasteiger partial charge in [0.05, 0.1) is 5.56 Å². The molecule has 1 N–H and O–H groups in total. The van der Waals surface area contributed by atoms with Gasteiger partial charge in [-0.2, -0.15) is 5.10 Å². The van der Waals surface area contributed by atoms with Gasteiger partial charge in [-0.1, -0.05) is 30.0 Å². The van der Waals surface area contributed by atoms with Crippen molar-refractivity contribution in [2.75, 3.05) is 0 Å². The molecule has 4 aromatic rings. The van der Waals surface area contributed by atoms with Gasteiger partial charge in [0, 0.05) is 33.9 Å². The van der Waals surface area contributed by atoms with Crippen LogP contribution < -0.4 is 5.32 Å². The van der Waals surface area contributed by atoms with E-state index in [-0.39, 0.29) is 5.91 Å². The molecule has 0 aliphatic carbocycles. The molecule has 0 aliphatic heterocycles. The number of carbonyl (C=O) groups is 1. The van der Waals surface area contributed by atoms with E-state index >= 15 is 0 Å². The minimum absolute atomic E-state index is 0.168. The van der Waals surface area contributed by atoms with Crippen molar-refractivity contribution in [2.24, 2.45) is 0 Å². The Morgan fingerprint density at radius 2 is 2.00 bits per heavy atom. The van der Waals surface area contributed by atoms with Gasteiger partial charge in [0.2, 0.25) is 0 Å². The average molecular weight is 467 g/mol. The van der Waals surface area contributed by atoms with Crippen LogP contribution in [0, 0.1) is 0 Å². The molecule has 0 fully saturated rings. The van der Waals surface area contributed by atoms with Crippen LogP contribution in [0.3, 0.4) is 0 Å². The second-order valence-electron chi connectivity index (χ2n) is 5.92. The first-order valence-corrected chi connectivity index (χ1v) is 10.3. The zero-order valence-corrected chi connectivity index (χ0v) is 17.5. The van der Waals surface area contributed by atoms with Gasteiger partial charge in [-0.15, -0.1) is 0 Å².